The molecule has 3 rings (SSSR count). The molecule has 29 heavy (non-hydrogen) atoms. The summed E-state index contributed by atoms with van der Waals surface area (Å²) in [6.07, 6.45) is 3.21. The van der Waals surface area contributed by atoms with E-state index in [4.69, 9.17) is 4.74 Å². The van der Waals surface area contributed by atoms with Gasteiger partial charge in [0.15, 0.2) is 12.0 Å². The number of aromatic amines is 1. The SMILES string of the molecule is CCC1CC(Oc2cncc(Nc3cc(OC(F)F)n[nH]3)n2)C(F)C(CC)N1C. The van der Waals surface area contributed by atoms with Crippen molar-refractivity contribution in [1.29, 1.82) is 0 Å². The highest BCUT2D eigenvalue weighted by Crippen LogP contribution is 2.31. The Morgan fingerprint density at radius 3 is 2.76 bits per heavy atom. The van der Waals surface area contributed by atoms with Crippen molar-refractivity contribution in [2.75, 3.05) is 12.4 Å². The number of rotatable bonds is 8. The fraction of sp³-hybridized carbons (Fsp3) is 0.611. The van der Waals surface area contributed by atoms with E-state index < -0.39 is 18.9 Å². The first-order chi connectivity index (χ1) is 13.9. The molecule has 0 aromatic carbocycles. The normalized spacial score (nSPS) is 25.2. The van der Waals surface area contributed by atoms with Gasteiger partial charge in [0.25, 0.3) is 0 Å². The first-order valence-corrected chi connectivity index (χ1v) is 9.53. The average molecular weight is 414 g/mol. The summed E-state index contributed by atoms with van der Waals surface area (Å²) in [6.45, 7) is 1.07. The zero-order chi connectivity index (χ0) is 21.0. The second-order valence-corrected chi connectivity index (χ2v) is 6.91. The van der Waals surface area contributed by atoms with Crippen molar-refractivity contribution in [2.45, 2.75) is 64.1 Å². The van der Waals surface area contributed by atoms with Crippen LogP contribution in [-0.4, -0.2) is 63.1 Å². The van der Waals surface area contributed by atoms with E-state index in [-0.39, 0.29) is 35.5 Å². The number of piperidine rings is 1. The minimum Gasteiger partial charge on any atom is -0.470 e. The number of likely N-dealkylation sites (tertiary alicyclic amines) is 1. The van der Waals surface area contributed by atoms with Gasteiger partial charge in [0.05, 0.1) is 12.4 Å². The van der Waals surface area contributed by atoms with Gasteiger partial charge in [-0.2, -0.15) is 13.8 Å². The highest BCUT2D eigenvalue weighted by Gasteiger charge is 2.41. The lowest BCUT2D eigenvalue weighted by molar-refractivity contribution is -0.0528. The van der Waals surface area contributed by atoms with E-state index in [0.717, 1.165) is 6.42 Å². The summed E-state index contributed by atoms with van der Waals surface area (Å²) in [5.74, 6) is 0.496. The molecule has 2 aromatic rings. The van der Waals surface area contributed by atoms with E-state index in [1.165, 1.54) is 18.5 Å². The largest absolute Gasteiger partial charge is 0.470 e. The van der Waals surface area contributed by atoms with Gasteiger partial charge in [0.1, 0.15) is 11.9 Å². The van der Waals surface area contributed by atoms with Gasteiger partial charge in [-0.3, -0.25) is 15.0 Å². The lowest BCUT2D eigenvalue weighted by Gasteiger charge is -2.44. The van der Waals surface area contributed by atoms with Gasteiger partial charge in [-0.05, 0) is 19.9 Å². The van der Waals surface area contributed by atoms with Gasteiger partial charge in [-0.25, -0.2) is 4.39 Å². The van der Waals surface area contributed by atoms with Crippen LogP contribution in [0.15, 0.2) is 18.5 Å². The molecule has 0 saturated carbocycles. The van der Waals surface area contributed by atoms with E-state index in [1.807, 2.05) is 14.0 Å². The third-order valence-electron chi connectivity index (χ3n) is 5.13. The molecule has 0 amide bonds. The number of hydrogen-bond donors (Lipinski definition) is 2. The second-order valence-electron chi connectivity index (χ2n) is 6.91. The lowest BCUT2D eigenvalue weighted by Crippen LogP contribution is -2.57. The summed E-state index contributed by atoms with van der Waals surface area (Å²) >= 11 is 0. The Hall–Kier alpha value is -2.56. The first-order valence-electron chi connectivity index (χ1n) is 9.53. The minimum absolute atomic E-state index is 0.181. The van der Waals surface area contributed by atoms with Crippen molar-refractivity contribution < 1.29 is 22.6 Å². The number of halogens is 3. The maximum atomic E-state index is 15.0. The number of hydrogen-bond acceptors (Lipinski definition) is 7. The highest BCUT2D eigenvalue weighted by molar-refractivity contribution is 5.52. The molecule has 0 radical (unpaired) electrons. The number of alkyl halides is 3. The predicted molar refractivity (Wildman–Crippen MR) is 100 cm³/mol. The summed E-state index contributed by atoms with van der Waals surface area (Å²) in [6, 6.07) is 1.27. The molecule has 1 aliphatic rings. The maximum Gasteiger partial charge on any atom is 0.388 e. The summed E-state index contributed by atoms with van der Waals surface area (Å²) < 4.78 is 49.5. The standard InChI is InChI=1S/C18H25F3N6O2/c1-4-10-6-12(17(19)11(5-2)27(10)3)28-16-9-22-8-14(24-16)23-13-7-15(26-25-13)29-18(20)21/h7-12,17-18H,4-6H2,1-3H3,(H2,23,24,25,26). The molecule has 4 unspecified atom stereocenters. The molecule has 0 spiro atoms. The van der Waals surface area contributed by atoms with Gasteiger partial charge in [-0.1, -0.05) is 13.8 Å². The maximum absolute atomic E-state index is 15.0. The smallest absolute Gasteiger partial charge is 0.388 e. The third kappa shape index (κ3) is 5.08. The molecule has 2 N–H and O–H groups in total. The summed E-state index contributed by atoms with van der Waals surface area (Å²) in [5, 5.41) is 8.94. The lowest BCUT2D eigenvalue weighted by atomic mass is 9.89. The van der Waals surface area contributed by atoms with Crippen LogP contribution in [0.5, 0.6) is 11.8 Å². The summed E-state index contributed by atoms with van der Waals surface area (Å²) in [4.78, 5) is 10.4. The van der Waals surface area contributed by atoms with Gasteiger partial charge in [0.2, 0.25) is 11.8 Å². The molecule has 2 aromatic heterocycles. The van der Waals surface area contributed by atoms with Gasteiger partial charge in [-0.15, -0.1) is 5.10 Å². The number of aromatic nitrogens is 4. The van der Waals surface area contributed by atoms with Crippen LogP contribution in [0, 0.1) is 0 Å². The Kier molecular flexibility index (Phi) is 6.78. The number of nitrogens with one attached hydrogen (secondary N) is 2. The molecule has 1 saturated heterocycles. The fourth-order valence-electron chi connectivity index (χ4n) is 3.67. The van der Waals surface area contributed by atoms with Crippen LogP contribution in [0.2, 0.25) is 0 Å². The molecule has 0 aliphatic carbocycles. The summed E-state index contributed by atoms with van der Waals surface area (Å²) in [5.41, 5.74) is 0. The van der Waals surface area contributed by atoms with E-state index in [1.54, 1.807) is 0 Å². The molecular weight excluding hydrogens is 389 g/mol. The van der Waals surface area contributed by atoms with Crippen molar-refractivity contribution in [1.82, 2.24) is 25.1 Å². The molecule has 4 atom stereocenters. The summed E-state index contributed by atoms with van der Waals surface area (Å²) in [7, 11) is 1.95. The fourth-order valence-corrected chi connectivity index (χ4v) is 3.67. The van der Waals surface area contributed by atoms with Crippen LogP contribution in [0.25, 0.3) is 0 Å². The minimum atomic E-state index is -2.97. The van der Waals surface area contributed by atoms with Gasteiger partial charge in [0, 0.05) is 24.6 Å². The number of nitrogens with zero attached hydrogens (tertiary/aromatic N) is 4. The second kappa shape index (κ2) is 9.29. The first kappa shape index (κ1) is 21.2. The Bertz CT molecular complexity index is 792. The number of anilines is 2. The van der Waals surface area contributed by atoms with Crippen molar-refractivity contribution in [3.63, 3.8) is 0 Å². The van der Waals surface area contributed by atoms with Crippen LogP contribution in [0.4, 0.5) is 24.8 Å². The molecular formula is C18H25F3N6O2. The number of H-pyrrole nitrogens is 1. The van der Waals surface area contributed by atoms with Crippen LogP contribution in [0.1, 0.15) is 33.1 Å². The van der Waals surface area contributed by atoms with Crippen LogP contribution < -0.4 is 14.8 Å². The van der Waals surface area contributed by atoms with Gasteiger partial charge >= 0.3 is 6.61 Å². The third-order valence-corrected chi connectivity index (χ3v) is 5.13. The Balaban J connectivity index is 1.68. The monoisotopic (exact) mass is 414 g/mol. The molecule has 0 bridgehead atoms. The molecule has 160 valence electrons. The van der Waals surface area contributed by atoms with Crippen LogP contribution >= 0.6 is 0 Å². The number of ether oxygens (including phenoxy) is 2. The molecule has 3 heterocycles. The topological polar surface area (TPSA) is 88.2 Å². The van der Waals surface area contributed by atoms with Crippen molar-refractivity contribution in [3.8, 4) is 11.8 Å². The van der Waals surface area contributed by atoms with Gasteiger partial charge < -0.3 is 14.8 Å². The predicted octanol–water partition coefficient (Wildman–Crippen LogP) is 3.52. The van der Waals surface area contributed by atoms with Crippen molar-refractivity contribution in [3.05, 3.63) is 18.5 Å². The van der Waals surface area contributed by atoms with E-state index >= 15 is 0 Å². The molecule has 1 fully saturated rings. The van der Waals surface area contributed by atoms with Crippen LogP contribution in [0.3, 0.4) is 0 Å². The average Bonchev–Trinajstić information content (AvgIpc) is 3.10. The molecule has 8 nitrogen and oxygen atoms in total. The van der Waals surface area contributed by atoms with E-state index in [9.17, 15) is 13.2 Å². The zero-order valence-electron chi connectivity index (χ0n) is 16.5. The quantitative estimate of drug-likeness (QED) is 0.683. The Labute approximate surface area is 166 Å². The van der Waals surface area contributed by atoms with E-state index in [2.05, 4.69) is 42.0 Å². The van der Waals surface area contributed by atoms with E-state index in [0.29, 0.717) is 12.8 Å². The highest BCUT2D eigenvalue weighted by atomic mass is 19.3. The molecule has 1 aliphatic heterocycles. The van der Waals surface area contributed by atoms with Crippen molar-refractivity contribution in [2.24, 2.45) is 0 Å². The van der Waals surface area contributed by atoms with Crippen molar-refractivity contribution >= 4 is 11.6 Å². The Morgan fingerprint density at radius 2 is 2.07 bits per heavy atom. The Morgan fingerprint density at radius 1 is 1.28 bits per heavy atom. The molecule has 11 heteroatoms. The zero-order valence-corrected chi connectivity index (χ0v) is 16.5. The van der Waals surface area contributed by atoms with Crippen LogP contribution in [-0.2, 0) is 0 Å².